The Bertz CT molecular complexity index is 215. The van der Waals surface area contributed by atoms with Crippen molar-refractivity contribution in [1.29, 1.82) is 0 Å². The SMILES string of the molecule is CCCCOCCCNC(=O)CC1CCOCC1. The first-order valence-electron chi connectivity index (χ1n) is 7.25. The lowest BCUT2D eigenvalue weighted by Gasteiger charge is -2.21. The number of hydrogen-bond acceptors (Lipinski definition) is 3. The first-order valence-corrected chi connectivity index (χ1v) is 7.25. The maximum Gasteiger partial charge on any atom is 0.220 e. The van der Waals surface area contributed by atoms with Crippen molar-refractivity contribution in [2.45, 2.75) is 45.4 Å². The number of ether oxygens (including phenoxy) is 2. The molecule has 1 saturated heterocycles. The van der Waals surface area contributed by atoms with Gasteiger partial charge in [-0.15, -0.1) is 0 Å². The lowest BCUT2D eigenvalue weighted by atomic mass is 9.96. The van der Waals surface area contributed by atoms with Crippen LogP contribution >= 0.6 is 0 Å². The van der Waals surface area contributed by atoms with Crippen molar-refractivity contribution in [3.8, 4) is 0 Å². The van der Waals surface area contributed by atoms with Gasteiger partial charge < -0.3 is 14.8 Å². The summed E-state index contributed by atoms with van der Waals surface area (Å²) in [6.45, 7) is 6.09. The average Bonchev–Trinajstić information content (AvgIpc) is 2.39. The van der Waals surface area contributed by atoms with Gasteiger partial charge >= 0.3 is 0 Å². The minimum atomic E-state index is 0.176. The number of unbranched alkanes of at least 4 members (excludes halogenated alkanes) is 1. The van der Waals surface area contributed by atoms with Crippen LogP contribution in [0.4, 0.5) is 0 Å². The molecule has 1 rings (SSSR count). The van der Waals surface area contributed by atoms with Crippen LogP contribution in [-0.4, -0.2) is 38.9 Å². The molecule has 0 bridgehead atoms. The Hall–Kier alpha value is -0.610. The summed E-state index contributed by atoms with van der Waals surface area (Å²) in [6.07, 6.45) is 5.89. The van der Waals surface area contributed by atoms with Crippen LogP contribution in [0.5, 0.6) is 0 Å². The second-order valence-electron chi connectivity index (χ2n) is 4.93. The van der Waals surface area contributed by atoms with Gasteiger partial charge in [0.1, 0.15) is 0 Å². The van der Waals surface area contributed by atoms with Gasteiger partial charge in [0, 0.05) is 39.4 Å². The molecular weight excluding hydrogens is 230 g/mol. The third-order valence-electron chi connectivity index (χ3n) is 3.24. The van der Waals surface area contributed by atoms with E-state index >= 15 is 0 Å². The van der Waals surface area contributed by atoms with Crippen molar-refractivity contribution in [2.75, 3.05) is 33.0 Å². The zero-order valence-electron chi connectivity index (χ0n) is 11.6. The van der Waals surface area contributed by atoms with Crippen molar-refractivity contribution in [3.63, 3.8) is 0 Å². The Labute approximate surface area is 110 Å². The van der Waals surface area contributed by atoms with Crippen LogP contribution in [0, 0.1) is 5.92 Å². The summed E-state index contributed by atoms with van der Waals surface area (Å²) >= 11 is 0. The fourth-order valence-corrected chi connectivity index (χ4v) is 2.04. The molecule has 1 aliphatic heterocycles. The smallest absolute Gasteiger partial charge is 0.220 e. The van der Waals surface area contributed by atoms with Crippen molar-refractivity contribution in [1.82, 2.24) is 5.32 Å². The Kier molecular flexibility index (Phi) is 8.86. The third kappa shape index (κ3) is 7.67. The molecule has 0 aromatic carbocycles. The second kappa shape index (κ2) is 10.3. The van der Waals surface area contributed by atoms with Crippen molar-refractivity contribution in [3.05, 3.63) is 0 Å². The van der Waals surface area contributed by atoms with Gasteiger partial charge in [0.25, 0.3) is 0 Å². The van der Waals surface area contributed by atoms with Gasteiger partial charge in [-0.2, -0.15) is 0 Å². The first kappa shape index (κ1) is 15.4. The Morgan fingerprint density at radius 1 is 1.28 bits per heavy atom. The van der Waals surface area contributed by atoms with E-state index in [0.717, 1.165) is 58.7 Å². The van der Waals surface area contributed by atoms with Gasteiger partial charge in [-0.05, 0) is 31.6 Å². The summed E-state index contributed by atoms with van der Waals surface area (Å²) in [5, 5.41) is 2.96. The predicted octanol–water partition coefficient (Wildman–Crippen LogP) is 2.13. The van der Waals surface area contributed by atoms with Gasteiger partial charge in [-0.1, -0.05) is 13.3 Å². The molecule has 4 nitrogen and oxygen atoms in total. The Morgan fingerprint density at radius 3 is 2.72 bits per heavy atom. The van der Waals surface area contributed by atoms with E-state index in [4.69, 9.17) is 9.47 Å². The minimum Gasteiger partial charge on any atom is -0.381 e. The second-order valence-corrected chi connectivity index (χ2v) is 4.93. The van der Waals surface area contributed by atoms with E-state index in [1.807, 2.05) is 0 Å². The zero-order chi connectivity index (χ0) is 13.1. The topological polar surface area (TPSA) is 47.6 Å². The summed E-state index contributed by atoms with van der Waals surface area (Å²) in [5.74, 6) is 0.690. The van der Waals surface area contributed by atoms with E-state index in [9.17, 15) is 4.79 Å². The number of nitrogens with one attached hydrogen (secondary N) is 1. The normalized spacial score (nSPS) is 16.7. The monoisotopic (exact) mass is 257 g/mol. The molecule has 1 N–H and O–H groups in total. The molecule has 18 heavy (non-hydrogen) atoms. The summed E-state index contributed by atoms with van der Waals surface area (Å²) in [7, 11) is 0. The lowest BCUT2D eigenvalue weighted by molar-refractivity contribution is -0.122. The van der Waals surface area contributed by atoms with Crippen molar-refractivity contribution < 1.29 is 14.3 Å². The summed E-state index contributed by atoms with van der Waals surface area (Å²) in [6, 6.07) is 0. The molecule has 0 saturated carbocycles. The highest BCUT2D eigenvalue weighted by molar-refractivity contribution is 5.76. The molecule has 1 heterocycles. The van der Waals surface area contributed by atoms with Gasteiger partial charge in [-0.3, -0.25) is 4.79 Å². The Balaban J connectivity index is 1.90. The van der Waals surface area contributed by atoms with Gasteiger partial charge in [-0.25, -0.2) is 0 Å². The number of hydrogen-bond donors (Lipinski definition) is 1. The third-order valence-corrected chi connectivity index (χ3v) is 3.24. The molecule has 4 heteroatoms. The minimum absolute atomic E-state index is 0.176. The van der Waals surface area contributed by atoms with Gasteiger partial charge in [0.2, 0.25) is 5.91 Å². The lowest BCUT2D eigenvalue weighted by Crippen LogP contribution is -2.29. The molecule has 0 unspecified atom stereocenters. The molecule has 0 aromatic heterocycles. The molecule has 1 amide bonds. The molecule has 0 atom stereocenters. The number of rotatable bonds is 9. The molecule has 106 valence electrons. The highest BCUT2D eigenvalue weighted by Gasteiger charge is 2.16. The molecule has 0 aromatic rings. The summed E-state index contributed by atoms with van der Waals surface area (Å²) < 4.78 is 10.7. The summed E-state index contributed by atoms with van der Waals surface area (Å²) in [5.41, 5.74) is 0. The quantitative estimate of drug-likeness (QED) is 0.644. The fraction of sp³-hybridized carbons (Fsp3) is 0.929. The fourth-order valence-electron chi connectivity index (χ4n) is 2.04. The van der Waals surface area contributed by atoms with Crippen LogP contribution in [-0.2, 0) is 14.3 Å². The van der Waals surface area contributed by atoms with Crippen LogP contribution in [0.15, 0.2) is 0 Å². The van der Waals surface area contributed by atoms with Crippen LogP contribution in [0.25, 0.3) is 0 Å². The number of carbonyl (C=O) groups excluding carboxylic acids is 1. The largest absolute Gasteiger partial charge is 0.381 e. The standard InChI is InChI=1S/C14H27NO3/c1-2-3-8-17-9-4-7-15-14(16)12-13-5-10-18-11-6-13/h13H,2-12H2,1H3,(H,15,16). The van der Waals surface area contributed by atoms with E-state index in [1.165, 1.54) is 6.42 Å². The molecule has 0 spiro atoms. The van der Waals surface area contributed by atoms with E-state index in [-0.39, 0.29) is 5.91 Å². The summed E-state index contributed by atoms with van der Waals surface area (Å²) in [4.78, 5) is 11.7. The highest BCUT2D eigenvalue weighted by atomic mass is 16.5. The highest BCUT2D eigenvalue weighted by Crippen LogP contribution is 2.17. The predicted molar refractivity (Wildman–Crippen MR) is 71.5 cm³/mol. The zero-order valence-corrected chi connectivity index (χ0v) is 11.6. The molecular formula is C14H27NO3. The van der Waals surface area contributed by atoms with E-state index in [0.29, 0.717) is 12.3 Å². The van der Waals surface area contributed by atoms with Gasteiger partial charge in [0.15, 0.2) is 0 Å². The van der Waals surface area contributed by atoms with Crippen LogP contribution in [0.3, 0.4) is 0 Å². The number of amides is 1. The van der Waals surface area contributed by atoms with Crippen LogP contribution < -0.4 is 5.32 Å². The maximum atomic E-state index is 11.7. The molecule has 0 radical (unpaired) electrons. The molecule has 1 aliphatic rings. The first-order chi connectivity index (χ1) is 8.83. The van der Waals surface area contributed by atoms with Crippen molar-refractivity contribution in [2.24, 2.45) is 5.92 Å². The average molecular weight is 257 g/mol. The van der Waals surface area contributed by atoms with Crippen LogP contribution in [0.2, 0.25) is 0 Å². The van der Waals surface area contributed by atoms with Crippen molar-refractivity contribution >= 4 is 5.91 Å². The van der Waals surface area contributed by atoms with Gasteiger partial charge in [0.05, 0.1) is 0 Å². The maximum absolute atomic E-state index is 11.7. The van der Waals surface area contributed by atoms with E-state index in [2.05, 4.69) is 12.2 Å². The molecule has 0 aliphatic carbocycles. The molecule has 1 fully saturated rings. The van der Waals surface area contributed by atoms with E-state index in [1.54, 1.807) is 0 Å². The van der Waals surface area contributed by atoms with E-state index < -0.39 is 0 Å². The number of carbonyl (C=O) groups is 1. The van der Waals surface area contributed by atoms with Crippen LogP contribution in [0.1, 0.15) is 45.4 Å². The Morgan fingerprint density at radius 2 is 2.00 bits per heavy atom.